The number of unbranched alkanes of at least 4 members (excludes halogenated alkanes) is 6. The minimum Gasteiger partial charge on any atom is -0.493 e. The molecule has 4 aliphatic heterocycles. The molecule has 0 spiro atoms. The number of benzene rings is 3. The predicted octanol–water partition coefficient (Wildman–Crippen LogP) is 6.12. The highest BCUT2D eigenvalue weighted by atomic mass is 16.7. The molecule has 7 heterocycles. The second-order valence-electron chi connectivity index (χ2n) is 25.8. The number of hydrogen-bond donors (Lipinski definition) is 5. The molecule has 31 heteroatoms. The molecule has 0 radical (unpaired) electrons. The van der Waals surface area contributed by atoms with Crippen molar-refractivity contribution in [2.24, 2.45) is 5.92 Å². The number of anilines is 2. The Kier molecular flexibility index (Phi) is 24.2. The second-order valence-corrected chi connectivity index (χ2v) is 25.8. The number of fused-ring (bicyclic) bond motifs is 6. The molecule has 31 nitrogen and oxygen atoms in total. The van der Waals surface area contributed by atoms with Gasteiger partial charge in [0.05, 0.1) is 47.9 Å². The standard InChI is InChI=1S/C70H86N12O19/c1-42-21-25-81(57(84)20-24-71)38-51(42)79(6)63-46-23-27-82(64(46)73-40-72-63)67(90)75(2)28-29-77(4)69(92)96-39-43-16-18-52(99-66-60(87)58(85)59(86)62(100-66)65(88)89)49(33-43)74-56(83)15-13-11-9-8-10-12-14-32-95-68(91)76(3)30-31-78(5)70(93)101-61-48-37-80-26-22-45-35-54-55(98-41-97-54)36-47(45)50(80)34-44(48)17-19-53(61)94-7/h16-19,23,27,33-37,40,42,51,58-60,62,66,85-87H,8-15,20-22,25-26,28-32,38-39,41H2,1-7H3,(H-,74,83,88,89)/p+1/t42-,51+,58-,59-,60+,62?,66+/m0/s1. The number of rotatable bonds is 27. The van der Waals surface area contributed by atoms with Crippen LogP contribution in [0.25, 0.3) is 33.1 Å². The Labute approximate surface area is 583 Å². The fraction of sp³-hybridized carbons (Fsp3) is 0.500. The lowest BCUT2D eigenvalue weighted by atomic mass is 9.92. The van der Waals surface area contributed by atoms with Crippen molar-refractivity contribution in [2.45, 2.75) is 127 Å². The number of carbonyl (C=O) groups excluding carboxylic acids is 6. The third-order valence-corrected chi connectivity index (χ3v) is 18.8. The maximum Gasteiger partial charge on any atom is 0.415 e. The van der Waals surface area contributed by atoms with Gasteiger partial charge in [-0.2, -0.15) is 9.83 Å². The molecule has 0 saturated carbocycles. The molecular weight excluding hydrogens is 1310 g/mol. The molecule has 6 aromatic rings. The lowest BCUT2D eigenvalue weighted by Gasteiger charge is -2.42. The van der Waals surface area contributed by atoms with E-state index in [-0.39, 0.29) is 94.1 Å². The molecule has 5 N–H and O–H groups in total. The SMILES string of the molecule is COc1ccc2cc3[n+](cc2c1OC(=O)N(C)CCN(C)C(=O)OCCCCCCCCCC(=O)Nc1cc(COC(=O)N(C)CCN(C)C(=O)n2ccc4c(N(C)[C@@H]5CN(C(=O)CC#N)CC[C@@H]5C)ncnc42)ccc1O[C@@H]1OC(C(=O)O)[C@@H](O)[C@H](O)[C@H]1O)CCc1cc2c(cc1-3)OCO2. The fourth-order valence-corrected chi connectivity index (χ4v) is 12.6. The van der Waals surface area contributed by atoms with Gasteiger partial charge in [0.15, 0.2) is 47.5 Å². The number of hydrogen-bond acceptors (Lipinski definition) is 22. The average molecular weight is 1400 g/mol. The van der Waals surface area contributed by atoms with Crippen LogP contribution < -0.4 is 38.5 Å². The first-order valence-corrected chi connectivity index (χ1v) is 33.7. The lowest BCUT2D eigenvalue weighted by Crippen LogP contribution is -2.61. The number of ether oxygens (including phenoxy) is 8. The van der Waals surface area contributed by atoms with Gasteiger partial charge < -0.3 is 93.0 Å². The first kappa shape index (κ1) is 73.4. The van der Waals surface area contributed by atoms with Gasteiger partial charge in [0.2, 0.25) is 30.6 Å². The van der Waals surface area contributed by atoms with Gasteiger partial charge in [-0.1, -0.05) is 45.1 Å². The van der Waals surface area contributed by atoms with Gasteiger partial charge in [0.1, 0.15) is 49.2 Å². The monoisotopic (exact) mass is 1400 g/mol. The molecule has 10 rings (SSSR count). The summed E-state index contributed by atoms with van der Waals surface area (Å²) in [7, 11) is 9.64. The molecule has 7 atom stereocenters. The maximum absolute atomic E-state index is 13.9. The number of aliphatic hydroxyl groups is 3. The molecule has 101 heavy (non-hydrogen) atoms. The van der Waals surface area contributed by atoms with Crippen LogP contribution in [0.4, 0.5) is 30.7 Å². The van der Waals surface area contributed by atoms with Crippen LogP contribution in [0.3, 0.4) is 0 Å². The number of aryl methyl sites for hydroxylation is 2. The summed E-state index contributed by atoms with van der Waals surface area (Å²) >= 11 is 0. The Bertz CT molecular complexity index is 4070. The zero-order valence-corrected chi connectivity index (χ0v) is 57.7. The molecule has 1 unspecified atom stereocenters. The first-order valence-electron chi connectivity index (χ1n) is 33.7. The first-order chi connectivity index (χ1) is 48.5. The number of likely N-dealkylation sites (N-methyl/N-ethyl adjacent to an activating group) is 5. The van der Waals surface area contributed by atoms with E-state index in [1.165, 1.54) is 62.9 Å². The van der Waals surface area contributed by atoms with Crippen molar-refractivity contribution in [3.8, 4) is 46.1 Å². The van der Waals surface area contributed by atoms with E-state index in [1.807, 2.05) is 42.4 Å². The van der Waals surface area contributed by atoms with Crippen LogP contribution in [-0.2, 0) is 48.2 Å². The number of nitrogens with one attached hydrogen (secondary N) is 1. The highest BCUT2D eigenvalue weighted by molar-refractivity contribution is 5.96. The van der Waals surface area contributed by atoms with Crippen LogP contribution in [0.2, 0.25) is 0 Å². The maximum atomic E-state index is 13.9. The molecule has 4 aliphatic rings. The minimum absolute atomic E-state index is 0.0412. The molecule has 540 valence electrons. The van der Waals surface area contributed by atoms with Crippen LogP contribution in [0.5, 0.6) is 28.7 Å². The molecular formula is C70H87N12O19+. The average Bonchev–Trinajstić information content (AvgIpc) is 1.68. The number of aromatic nitrogens is 4. The summed E-state index contributed by atoms with van der Waals surface area (Å²) in [5.74, 6) is 0.521. The predicted molar refractivity (Wildman–Crippen MR) is 362 cm³/mol. The summed E-state index contributed by atoms with van der Waals surface area (Å²) in [6.45, 7) is 4.34. The fourth-order valence-electron chi connectivity index (χ4n) is 12.6. The molecule has 6 amide bonds. The van der Waals surface area contributed by atoms with Crippen LogP contribution in [-0.4, -0.2) is 233 Å². The van der Waals surface area contributed by atoms with Crippen LogP contribution in [0.15, 0.2) is 73.3 Å². The summed E-state index contributed by atoms with van der Waals surface area (Å²) < 4.78 is 48.8. The Morgan fingerprint density at radius 1 is 0.772 bits per heavy atom. The number of nitrogens with zero attached hydrogens (tertiary/aromatic N) is 11. The number of piperidine rings is 1. The van der Waals surface area contributed by atoms with E-state index >= 15 is 0 Å². The number of carboxylic acids is 1. The second kappa shape index (κ2) is 33.3. The lowest BCUT2D eigenvalue weighted by molar-refractivity contribution is -0.686. The zero-order chi connectivity index (χ0) is 72.2. The number of aliphatic carboxylic acids is 1. The summed E-state index contributed by atoms with van der Waals surface area (Å²) in [4.78, 5) is 110. The molecule has 2 fully saturated rings. The van der Waals surface area contributed by atoms with E-state index < -0.39 is 66.9 Å². The minimum atomic E-state index is -1.98. The van der Waals surface area contributed by atoms with Crippen LogP contribution in [0, 0.1) is 17.2 Å². The van der Waals surface area contributed by atoms with Crippen molar-refractivity contribution >= 4 is 75.4 Å². The molecule has 0 bridgehead atoms. The van der Waals surface area contributed by atoms with Crippen LogP contribution in [0.1, 0.15) is 82.3 Å². The summed E-state index contributed by atoms with van der Waals surface area (Å²) in [6.07, 6.45) is -0.00200. The van der Waals surface area contributed by atoms with Crippen molar-refractivity contribution in [1.29, 1.82) is 5.26 Å². The van der Waals surface area contributed by atoms with E-state index in [0.717, 1.165) is 66.5 Å². The van der Waals surface area contributed by atoms with Crippen molar-refractivity contribution in [1.82, 2.24) is 39.0 Å². The smallest absolute Gasteiger partial charge is 0.415 e. The van der Waals surface area contributed by atoms with Gasteiger partial charge >= 0.3 is 30.3 Å². The Morgan fingerprint density at radius 2 is 1.46 bits per heavy atom. The van der Waals surface area contributed by atoms with Crippen molar-refractivity contribution in [3.05, 3.63) is 84.4 Å². The molecule has 2 saturated heterocycles. The Balaban J connectivity index is 0.644. The number of pyridine rings is 1. The van der Waals surface area contributed by atoms with Gasteiger partial charge in [0, 0.05) is 99.6 Å². The Hall–Kier alpha value is -10.3. The van der Waals surface area contributed by atoms with E-state index in [2.05, 4.69) is 32.8 Å². The van der Waals surface area contributed by atoms with E-state index in [4.69, 9.17) is 43.2 Å². The number of nitriles is 1. The number of aliphatic hydroxyl groups excluding tert-OH is 3. The largest absolute Gasteiger partial charge is 0.493 e. The van der Waals surface area contributed by atoms with Gasteiger partial charge in [-0.3, -0.25) is 14.2 Å². The van der Waals surface area contributed by atoms with E-state index in [1.54, 1.807) is 44.4 Å². The number of amides is 6. The van der Waals surface area contributed by atoms with E-state index in [0.29, 0.717) is 78.2 Å². The van der Waals surface area contributed by atoms with Crippen molar-refractivity contribution in [3.63, 3.8) is 0 Å². The molecule has 3 aromatic carbocycles. The number of likely N-dealkylation sites (tertiary alicyclic amines) is 1. The third-order valence-electron chi connectivity index (χ3n) is 18.8. The van der Waals surface area contributed by atoms with Gasteiger partial charge in [0.25, 0.3) is 0 Å². The number of carbonyl (C=O) groups is 7. The number of methoxy groups -OCH3 is 1. The molecule has 3 aromatic heterocycles. The highest BCUT2D eigenvalue weighted by Gasteiger charge is 2.48. The summed E-state index contributed by atoms with van der Waals surface area (Å²) in [6, 6.07) is 17.2. The van der Waals surface area contributed by atoms with Crippen molar-refractivity contribution < 1.29 is 96.4 Å². The topological polar surface area (TPSA) is 364 Å². The zero-order valence-electron chi connectivity index (χ0n) is 57.7. The molecule has 0 aliphatic carbocycles. The van der Waals surface area contributed by atoms with Crippen LogP contribution >= 0.6 is 0 Å². The quantitative estimate of drug-likeness (QED) is 0.0286. The highest BCUT2D eigenvalue weighted by Crippen LogP contribution is 2.42. The number of carboxylic acid groups (broad SMARTS) is 1. The Morgan fingerprint density at radius 3 is 2.18 bits per heavy atom. The van der Waals surface area contributed by atoms with Gasteiger partial charge in [-0.25, -0.2) is 33.9 Å². The van der Waals surface area contributed by atoms with Gasteiger partial charge in [-0.15, -0.1) is 0 Å². The summed E-state index contributed by atoms with van der Waals surface area (Å²) in [5.41, 5.74) is 3.98. The van der Waals surface area contributed by atoms with Gasteiger partial charge in [-0.05, 0) is 84.2 Å². The summed E-state index contributed by atoms with van der Waals surface area (Å²) in [5, 5.41) is 55.2. The normalized spacial score (nSPS) is 18.9. The third kappa shape index (κ3) is 17.3. The van der Waals surface area contributed by atoms with E-state index in [9.17, 15) is 54.0 Å². The van der Waals surface area contributed by atoms with Crippen molar-refractivity contribution in [2.75, 3.05) is 105 Å².